The van der Waals surface area contributed by atoms with Gasteiger partial charge in [-0.05, 0) is 12.5 Å². The molecule has 0 aromatic carbocycles. The zero-order valence-corrected chi connectivity index (χ0v) is 11.9. The lowest BCUT2D eigenvalue weighted by Gasteiger charge is -2.23. The van der Waals surface area contributed by atoms with Crippen LogP contribution in [0.4, 0.5) is 13.2 Å². The first-order valence-corrected chi connectivity index (χ1v) is 6.50. The maximum Gasteiger partial charge on any atom is 0.435 e. The second-order valence-corrected chi connectivity index (χ2v) is 5.82. The number of rotatable bonds is 4. The number of hydrogen-bond donors (Lipinski definition) is 1. The average Bonchev–Trinajstić information content (AvgIpc) is 2.69. The van der Waals surface area contributed by atoms with E-state index in [1.807, 2.05) is 27.7 Å². The number of nitrogens with zero attached hydrogens (tertiary/aromatic N) is 2. The first-order chi connectivity index (χ1) is 8.57. The molecule has 0 spiro atoms. The lowest BCUT2D eigenvalue weighted by atomic mass is 9.91. The highest BCUT2D eigenvalue weighted by Crippen LogP contribution is 2.33. The van der Waals surface area contributed by atoms with Crippen molar-refractivity contribution in [3.8, 4) is 0 Å². The van der Waals surface area contributed by atoms with Gasteiger partial charge in [0, 0.05) is 11.1 Å². The molecule has 0 amide bonds. The summed E-state index contributed by atoms with van der Waals surface area (Å²) in [6.07, 6.45) is -2.50. The molecule has 0 aliphatic rings. The zero-order valence-electron chi connectivity index (χ0n) is 11.9. The largest absolute Gasteiger partial charge is 0.435 e. The van der Waals surface area contributed by atoms with Crippen LogP contribution in [-0.4, -0.2) is 9.78 Å². The summed E-state index contributed by atoms with van der Waals surface area (Å²) in [5, 5.41) is 3.67. The maximum absolute atomic E-state index is 12.8. The van der Waals surface area contributed by atoms with Gasteiger partial charge in [0.1, 0.15) is 0 Å². The average molecular weight is 277 g/mol. The van der Waals surface area contributed by atoms with Gasteiger partial charge in [0.15, 0.2) is 5.69 Å². The first-order valence-electron chi connectivity index (χ1n) is 6.50. The van der Waals surface area contributed by atoms with Crippen LogP contribution in [0.5, 0.6) is 0 Å². The van der Waals surface area contributed by atoms with Gasteiger partial charge < -0.3 is 5.73 Å². The van der Waals surface area contributed by atoms with Crippen LogP contribution in [0.3, 0.4) is 0 Å². The van der Waals surface area contributed by atoms with Crippen molar-refractivity contribution in [1.82, 2.24) is 9.78 Å². The fourth-order valence-corrected chi connectivity index (χ4v) is 1.88. The minimum atomic E-state index is -4.43. The summed E-state index contributed by atoms with van der Waals surface area (Å²) < 4.78 is 39.6. The van der Waals surface area contributed by atoms with Crippen molar-refractivity contribution < 1.29 is 13.2 Å². The third kappa shape index (κ3) is 3.96. The lowest BCUT2D eigenvalue weighted by molar-refractivity contribution is -0.141. The molecule has 0 saturated carbocycles. The second-order valence-electron chi connectivity index (χ2n) is 5.82. The number of halogens is 3. The van der Waals surface area contributed by atoms with E-state index in [0.717, 1.165) is 18.9 Å². The molecule has 0 fully saturated rings. The Balaban J connectivity index is 3.17. The summed E-state index contributed by atoms with van der Waals surface area (Å²) in [6, 6.07) is 1.10. The molecule has 0 aliphatic carbocycles. The van der Waals surface area contributed by atoms with E-state index in [9.17, 15) is 13.2 Å². The molecule has 1 atom stereocenters. The van der Waals surface area contributed by atoms with E-state index in [-0.39, 0.29) is 0 Å². The van der Waals surface area contributed by atoms with Gasteiger partial charge >= 0.3 is 6.18 Å². The van der Waals surface area contributed by atoms with Gasteiger partial charge in [-0.1, -0.05) is 40.5 Å². The van der Waals surface area contributed by atoms with Crippen molar-refractivity contribution in [1.29, 1.82) is 0 Å². The van der Waals surface area contributed by atoms with Gasteiger partial charge in [0.25, 0.3) is 0 Å². The predicted octanol–water partition coefficient (Wildman–Crippen LogP) is 3.85. The fraction of sp³-hybridized carbons (Fsp3) is 0.769. The van der Waals surface area contributed by atoms with Gasteiger partial charge in [-0.25, -0.2) is 0 Å². The fourth-order valence-electron chi connectivity index (χ4n) is 1.88. The number of nitrogens with two attached hydrogens (primary N) is 1. The molecule has 3 nitrogen and oxygen atoms in total. The number of alkyl halides is 3. The maximum atomic E-state index is 12.8. The molecule has 1 rings (SSSR count). The van der Waals surface area contributed by atoms with Crippen molar-refractivity contribution in [3.63, 3.8) is 0 Å². The van der Waals surface area contributed by atoms with Crippen LogP contribution in [0.25, 0.3) is 0 Å². The van der Waals surface area contributed by atoms with E-state index in [1.165, 1.54) is 4.68 Å². The highest BCUT2D eigenvalue weighted by molar-refractivity contribution is 5.20. The lowest BCUT2D eigenvalue weighted by Crippen LogP contribution is -2.27. The third-order valence-corrected chi connectivity index (χ3v) is 2.96. The number of unbranched alkanes of at least 4 members (excludes halogenated alkanes) is 1. The summed E-state index contributed by atoms with van der Waals surface area (Å²) in [4.78, 5) is 0. The van der Waals surface area contributed by atoms with E-state index in [1.54, 1.807) is 0 Å². The van der Waals surface area contributed by atoms with Crippen LogP contribution >= 0.6 is 0 Å². The molecule has 1 aromatic rings. The van der Waals surface area contributed by atoms with Crippen molar-refractivity contribution in [2.24, 2.45) is 5.73 Å². The Hall–Kier alpha value is -1.04. The van der Waals surface area contributed by atoms with Crippen LogP contribution in [0, 0.1) is 0 Å². The summed E-state index contributed by atoms with van der Waals surface area (Å²) in [5.41, 5.74) is 5.18. The molecular weight excluding hydrogens is 255 g/mol. The van der Waals surface area contributed by atoms with Crippen LogP contribution < -0.4 is 5.73 Å². The molecule has 110 valence electrons. The third-order valence-electron chi connectivity index (χ3n) is 2.96. The predicted molar refractivity (Wildman–Crippen MR) is 68.7 cm³/mol. The summed E-state index contributed by atoms with van der Waals surface area (Å²) in [7, 11) is 0. The highest BCUT2D eigenvalue weighted by atomic mass is 19.4. The Morgan fingerprint density at radius 1 is 1.32 bits per heavy atom. The summed E-state index contributed by atoms with van der Waals surface area (Å²) >= 11 is 0. The topological polar surface area (TPSA) is 43.8 Å². The van der Waals surface area contributed by atoms with Crippen molar-refractivity contribution in [2.45, 2.75) is 64.7 Å². The molecule has 0 saturated heterocycles. The highest BCUT2D eigenvalue weighted by Gasteiger charge is 2.37. The van der Waals surface area contributed by atoms with Gasteiger partial charge in [0.05, 0.1) is 6.17 Å². The van der Waals surface area contributed by atoms with Crippen molar-refractivity contribution in [2.75, 3.05) is 0 Å². The first kappa shape index (κ1) is 16.0. The molecule has 1 unspecified atom stereocenters. The van der Waals surface area contributed by atoms with E-state index in [4.69, 9.17) is 5.73 Å². The summed E-state index contributed by atoms with van der Waals surface area (Å²) in [6.45, 7) is 7.58. The van der Waals surface area contributed by atoms with Crippen molar-refractivity contribution in [3.05, 3.63) is 17.5 Å². The molecule has 2 N–H and O–H groups in total. The Morgan fingerprint density at radius 2 is 1.89 bits per heavy atom. The van der Waals surface area contributed by atoms with Gasteiger partial charge in [-0.3, -0.25) is 4.68 Å². The molecule has 0 aliphatic heterocycles. The smallest absolute Gasteiger partial charge is 0.310 e. The van der Waals surface area contributed by atoms with Crippen LogP contribution in [-0.2, 0) is 11.6 Å². The quantitative estimate of drug-likeness (QED) is 0.908. The normalized spacial score (nSPS) is 14.7. The standard InChI is InChI=1S/C13H22F3N3/c1-5-6-7-11(17)19-10(12(2,3)4)8-9(18-19)13(14,15)16/h8,11H,5-7,17H2,1-4H3. The monoisotopic (exact) mass is 277 g/mol. The molecular formula is C13H22F3N3. The molecule has 6 heteroatoms. The molecule has 0 radical (unpaired) electrons. The Kier molecular flexibility index (Phi) is 4.66. The molecule has 1 aromatic heterocycles. The van der Waals surface area contributed by atoms with Gasteiger partial charge in [0.2, 0.25) is 0 Å². The van der Waals surface area contributed by atoms with E-state index in [0.29, 0.717) is 12.1 Å². The van der Waals surface area contributed by atoms with E-state index >= 15 is 0 Å². The number of aromatic nitrogens is 2. The van der Waals surface area contributed by atoms with Crippen LogP contribution in [0.2, 0.25) is 0 Å². The van der Waals surface area contributed by atoms with Gasteiger partial charge in [-0.15, -0.1) is 0 Å². The van der Waals surface area contributed by atoms with Gasteiger partial charge in [-0.2, -0.15) is 18.3 Å². The van der Waals surface area contributed by atoms with E-state index < -0.39 is 23.5 Å². The Morgan fingerprint density at radius 3 is 2.32 bits per heavy atom. The van der Waals surface area contributed by atoms with Crippen LogP contribution in [0.1, 0.15) is 64.5 Å². The second kappa shape index (κ2) is 5.53. The molecule has 19 heavy (non-hydrogen) atoms. The van der Waals surface area contributed by atoms with Crippen LogP contribution in [0.15, 0.2) is 6.07 Å². The Labute approximate surface area is 112 Å². The number of hydrogen-bond acceptors (Lipinski definition) is 2. The zero-order chi connectivity index (χ0) is 14.8. The molecule has 0 bridgehead atoms. The summed E-state index contributed by atoms with van der Waals surface area (Å²) in [5.74, 6) is 0. The molecule has 1 heterocycles. The SMILES string of the molecule is CCCCC(N)n1nc(C(F)(F)F)cc1C(C)(C)C. The minimum absolute atomic E-state index is 0.430. The van der Waals surface area contributed by atoms with Crippen molar-refractivity contribution >= 4 is 0 Å². The Bertz CT molecular complexity index is 416. The minimum Gasteiger partial charge on any atom is -0.310 e. The van der Waals surface area contributed by atoms with E-state index in [2.05, 4.69) is 5.10 Å².